The molecule has 1 saturated heterocycles. The summed E-state index contributed by atoms with van der Waals surface area (Å²) in [5.74, 6) is 2.50. The molecule has 1 unspecified atom stereocenters. The fourth-order valence-electron chi connectivity index (χ4n) is 4.21. The second-order valence-corrected chi connectivity index (χ2v) is 8.19. The molecule has 2 N–H and O–H groups in total. The molecule has 2 aliphatic rings. The molecule has 3 rings (SSSR count). The summed E-state index contributed by atoms with van der Waals surface area (Å²) in [5.41, 5.74) is 0.307. The lowest BCUT2D eigenvalue weighted by atomic mass is 9.83. The van der Waals surface area contributed by atoms with Crippen LogP contribution in [0.15, 0.2) is 27.8 Å². The van der Waals surface area contributed by atoms with Crippen molar-refractivity contribution in [1.29, 1.82) is 0 Å². The van der Waals surface area contributed by atoms with Gasteiger partial charge in [0.25, 0.3) is 0 Å². The third-order valence-electron chi connectivity index (χ3n) is 6.04. The summed E-state index contributed by atoms with van der Waals surface area (Å²) in [6, 6.07) is 3.95. The molecule has 1 aliphatic carbocycles. The van der Waals surface area contributed by atoms with E-state index in [-0.39, 0.29) is 24.0 Å². The molecule has 1 aliphatic heterocycles. The van der Waals surface area contributed by atoms with E-state index in [1.807, 2.05) is 12.1 Å². The maximum Gasteiger partial charge on any atom is 0.191 e. The topological polar surface area (TPSA) is 68.0 Å². The maximum atomic E-state index is 5.64. The molecule has 6 nitrogen and oxygen atoms in total. The van der Waals surface area contributed by atoms with Crippen molar-refractivity contribution in [2.24, 2.45) is 16.3 Å². The summed E-state index contributed by atoms with van der Waals surface area (Å²) < 4.78 is 16.6. The standard InChI is InChI=1S/C22H37N3O3.HI/c1-2-26-15-11-22(9-3-4-10-22)18-25-21(24-16-19-8-14-27-17-19)23-12-7-20-6-5-13-28-20;/h5-6,13,19H,2-4,7-12,14-18H2,1H3,(H2,23,24,25);1H. The number of hydrogen-bond donors (Lipinski definition) is 2. The number of aliphatic imine (C=N–C) groups is 1. The van der Waals surface area contributed by atoms with Crippen molar-refractivity contribution in [3.63, 3.8) is 0 Å². The van der Waals surface area contributed by atoms with Gasteiger partial charge >= 0.3 is 0 Å². The van der Waals surface area contributed by atoms with Gasteiger partial charge in [-0.25, -0.2) is 0 Å². The van der Waals surface area contributed by atoms with Gasteiger partial charge in [-0.15, -0.1) is 24.0 Å². The van der Waals surface area contributed by atoms with Crippen LogP contribution in [0.4, 0.5) is 0 Å². The number of ether oxygens (including phenoxy) is 2. The van der Waals surface area contributed by atoms with Gasteiger partial charge in [-0.2, -0.15) is 0 Å². The Kier molecular flexibility index (Phi) is 11.4. The predicted octanol–water partition coefficient (Wildman–Crippen LogP) is 4.00. The van der Waals surface area contributed by atoms with E-state index in [1.54, 1.807) is 6.26 Å². The molecule has 0 bridgehead atoms. The molecular formula is C22H38IN3O3. The van der Waals surface area contributed by atoms with Crippen LogP contribution in [0.25, 0.3) is 0 Å². The van der Waals surface area contributed by atoms with Gasteiger partial charge in [0.05, 0.1) is 12.9 Å². The van der Waals surface area contributed by atoms with E-state index in [1.165, 1.54) is 25.7 Å². The number of hydrogen-bond acceptors (Lipinski definition) is 4. The molecule has 0 aromatic carbocycles. The van der Waals surface area contributed by atoms with Gasteiger partial charge in [0.1, 0.15) is 5.76 Å². The highest BCUT2D eigenvalue weighted by molar-refractivity contribution is 14.0. The molecule has 1 aromatic heterocycles. The van der Waals surface area contributed by atoms with Crippen molar-refractivity contribution in [2.45, 2.75) is 51.9 Å². The smallest absolute Gasteiger partial charge is 0.191 e. The first-order valence-corrected chi connectivity index (χ1v) is 11.0. The fourth-order valence-corrected chi connectivity index (χ4v) is 4.21. The van der Waals surface area contributed by atoms with Gasteiger partial charge in [-0.3, -0.25) is 4.99 Å². The van der Waals surface area contributed by atoms with Gasteiger partial charge < -0.3 is 24.5 Å². The van der Waals surface area contributed by atoms with Crippen LogP contribution >= 0.6 is 24.0 Å². The SMILES string of the molecule is CCOCCC1(CN=C(NCCc2ccco2)NCC2CCOC2)CCCC1.I. The van der Waals surface area contributed by atoms with Crippen LogP contribution in [0.2, 0.25) is 0 Å². The van der Waals surface area contributed by atoms with Crippen molar-refractivity contribution < 1.29 is 13.9 Å². The van der Waals surface area contributed by atoms with Gasteiger partial charge in [-0.05, 0) is 50.2 Å². The van der Waals surface area contributed by atoms with E-state index in [2.05, 4.69) is 17.6 Å². The maximum absolute atomic E-state index is 5.64. The Labute approximate surface area is 192 Å². The van der Waals surface area contributed by atoms with Crippen molar-refractivity contribution in [3.05, 3.63) is 24.2 Å². The summed E-state index contributed by atoms with van der Waals surface area (Å²) >= 11 is 0. The molecule has 0 radical (unpaired) electrons. The second-order valence-electron chi connectivity index (χ2n) is 8.19. The van der Waals surface area contributed by atoms with Crippen molar-refractivity contribution >= 4 is 29.9 Å². The molecule has 2 heterocycles. The molecule has 166 valence electrons. The minimum Gasteiger partial charge on any atom is -0.469 e. The van der Waals surface area contributed by atoms with Crippen LogP contribution in [0, 0.1) is 11.3 Å². The monoisotopic (exact) mass is 519 g/mol. The zero-order valence-corrected chi connectivity index (χ0v) is 20.1. The fraction of sp³-hybridized carbons (Fsp3) is 0.773. The number of furan rings is 1. The highest BCUT2D eigenvalue weighted by atomic mass is 127. The molecule has 29 heavy (non-hydrogen) atoms. The van der Waals surface area contributed by atoms with Crippen molar-refractivity contribution in [3.8, 4) is 0 Å². The summed E-state index contributed by atoms with van der Waals surface area (Å²) in [6.45, 7) is 8.04. The Bertz CT molecular complexity index is 568. The van der Waals surface area contributed by atoms with Gasteiger partial charge in [0, 0.05) is 51.8 Å². The molecule has 0 spiro atoms. The Hall–Kier alpha value is -0.800. The summed E-state index contributed by atoms with van der Waals surface area (Å²) in [4.78, 5) is 5.00. The molecule has 1 saturated carbocycles. The summed E-state index contributed by atoms with van der Waals surface area (Å²) in [6.07, 6.45) is 9.98. The van der Waals surface area contributed by atoms with Crippen LogP contribution in [0.5, 0.6) is 0 Å². The van der Waals surface area contributed by atoms with E-state index in [4.69, 9.17) is 18.9 Å². The molecule has 7 heteroatoms. The molecular weight excluding hydrogens is 481 g/mol. The minimum atomic E-state index is 0. The Morgan fingerprint density at radius 2 is 2.17 bits per heavy atom. The number of nitrogens with zero attached hydrogens (tertiary/aromatic N) is 1. The highest BCUT2D eigenvalue weighted by Gasteiger charge is 2.33. The number of rotatable bonds is 11. The molecule has 2 fully saturated rings. The van der Waals surface area contributed by atoms with E-state index in [9.17, 15) is 0 Å². The quantitative estimate of drug-likeness (QED) is 0.200. The van der Waals surface area contributed by atoms with Gasteiger partial charge in [0.15, 0.2) is 5.96 Å². The Balaban J connectivity index is 0.00000300. The van der Waals surface area contributed by atoms with Crippen LogP contribution in [-0.2, 0) is 15.9 Å². The molecule has 1 aromatic rings. The van der Waals surface area contributed by atoms with Crippen LogP contribution in [0.1, 0.15) is 51.2 Å². The van der Waals surface area contributed by atoms with Crippen LogP contribution < -0.4 is 10.6 Å². The van der Waals surface area contributed by atoms with E-state index in [0.717, 1.165) is 77.0 Å². The van der Waals surface area contributed by atoms with E-state index < -0.39 is 0 Å². The number of guanidine groups is 1. The average Bonchev–Trinajstić information content (AvgIpc) is 3.47. The van der Waals surface area contributed by atoms with Gasteiger partial charge in [0.2, 0.25) is 0 Å². The first kappa shape index (κ1) is 24.5. The summed E-state index contributed by atoms with van der Waals surface area (Å²) in [5, 5.41) is 7.04. The van der Waals surface area contributed by atoms with E-state index >= 15 is 0 Å². The second kappa shape index (κ2) is 13.5. The van der Waals surface area contributed by atoms with Crippen LogP contribution in [-0.4, -0.2) is 52.0 Å². The Morgan fingerprint density at radius 1 is 1.31 bits per heavy atom. The highest BCUT2D eigenvalue weighted by Crippen LogP contribution is 2.41. The van der Waals surface area contributed by atoms with Crippen LogP contribution in [0.3, 0.4) is 0 Å². The lowest BCUT2D eigenvalue weighted by molar-refractivity contribution is 0.107. The zero-order chi connectivity index (χ0) is 19.5. The first-order valence-electron chi connectivity index (χ1n) is 11.0. The number of halogens is 1. The number of nitrogens with one attached hydrogen (secondary N) is 2. The normalized spacial score (nSPS) is 21.1. The minimum absolute atomic E-state index is 0. The third kappa shape index (κ3) is 8.45. The third-order valence-corrected chi connectivity index (χ3v) is 6.04. The average molecular weight is 519 g/mol. The Morgan fingerprint density at radius 3 is 2.86 bits per heavy atom. The summed E-state index contributed by atoms with van der Waals surface area (Å²) in [7, 11) is 0. The van der Waals surface area contributed by atoms with E-state index in [0.29, 0.717) is 11.3 Å². The van der Waals surface area contributed by atoms with Crippen molar-refractivity contribution in [1.82, 2.24) is 10.6 Å². The lowest BCUT2D eigenvalue weighted by Crippen LogP contribution is -2.41. The first-order chi connectivity index (χ1) is 13.8. The molecule has 0 amide bonds. The predicted molar refractivity (Wildman–Crippen MR) is 127 cm³/mol. The molecule has 1 atom stereocenters. The van der Waals surface area contributed by atoms with Gasteiger partial charge in [-0.1, -0.05) is 12.8 Å². The van der Waals surface area contributed by atoms with Crippen molar-refractivity contribution in [2.75, 3.05) is 46.1 Å². The zero-order valence-electron chi connectivity index (χ0n) is 17.8. The lowest BCUT2D eigenvalue weighted by Gasteiger charge is -2.27. The largest absolute Gasteiger partial charge is 0.469 e.